The Bertz CT molecular complexity index is 277. The smallest absolute Gasteiger partial charge is 0.160 e. The lowest BCUT2D eigenvalue weighted by Gasteiger charge is -2.03. The van der Waals surface area contributed by atoms with Crippen LogP contribution in [0.1, 0.15) is 5.56 Å². The molecule has 0 aromatic heterocycles. The van der Waals surface area contributed by atoms with E-state index in [0.717, 1.165) is 0 Å². The van der Waals surface area contributed by atoms with Gasteiger partial charge in [-0.25, -0.2) is 4.39 Å². The van der Waals surface area contributed by atoms with E-state index in [1.807, 2.05) is 0 Å². The molecular weight excluding hydrogens is 213 g/mol. The zero-order valence-corrected chi connectivity index (χ0v) is 7.23. The molecule has 60 valence electrons. The van der Waals surface area contributed by atoms with Crippen LogP contribution < -0.4 is 5.73 Å². The van der Waals surface area contributed by atoms with Gasteiger partial charge in [-0.15, -0.1) is 0 Å². The summed E-state index contributed by atoms with van der Waals surface area (Å²) in [6.45, 7) is -0.197. The topological polar surface area (TPSA) is 46.2 Å². The van der Waals surface area contributed by atoms with Crippen LogP contribution in [0.15, 0.2) is 16.6 Å². The van der Waals surface area contributed by atoms with Crippen molar-refractivity contribution in [2.45, 2.75) is 6.61 Å². The van der Waals surface area contributed by atoms with Crippen LogP contribution in [-0.2, 0) is 6.61 Å². The quantitative estimate of drug-likeness (QED) is 0.707. The highest BCUT2D eigenvalue weighted by atomic mass is 79.9. The van der Waals surface area contributed by atoms with Crippen molar-refractivity contribution in [1.82, 2.24) is 0 Å². The van der Waals surface area contributed by atoms with E-state index in [9.17, 15) is 4.39 Å². The van der Waals surface area contributed by atoms with Crippen molar-refractivity contribution < 1.29 is 9.50 Å². The minimum atomic E-state index is -0.517. The summed E-state index contributed by atoms with van der Waals surface area (Å²) in [6.07, 6.45) is 0. The van der Waals surface area contributed by atoms with Gasteiger partial charge in [-0.05, 0) is 27.6 Å². The van der Waals surface area contributed by atoms with E-state index in [1.54, 1.807) is 6.07 Å². The van der Waals surface area contributed by atoms with Crippen molar-refractivity contribution in [3.05, 3.63) is 28.0 Å². The van der Waals surface area contributed by atoms with E-state index >= 15 is 0 Å². The molecule has 11 heavy (non-hydrogen) atoms. The van der Waals surface area contributed by atoms with Gasteiger partial charge >= 0.3 is 0 Å². The molecule has 0 saturated heterocycles. The molecular formula is C7H7BrFNO. The van der Waals surface area contributed by atoms with Gasteiger partial charge in [-0.1, -0.05) is 6.07 Å². The number of halogens is 2. The van der Waals surface area contributed by atoms with Crippen LogP contribution >= 0.6 is 15.9 Å². The third-order valence-electron chi connectivity index (χ3n) is 1.36. The fourth-order valence-electron chi connectivity index (χ4n) is 0.726. The second-order valence-electron chi connectivity index (χ2n) is 2.10. The lowest BCUT2D eigenvalue weighted by Crippen LogP contribution is -1.95. The van der Waals surface area contributed by atoms with E-state index < -0.39 is 5.82 Å². The summed E-state index contributed by atoms with van der Waals surface area (Å²) in [6, 6.07) is 2.99. The zero-order chi connectivity index (χ0) is 8.43. The maximum atomic E-state index is 12.9. The summed E-state index contributed by atoms with van der Waals surface area (Å²) < 4.78 is 13.1. The third kappa shape index (κ3) is 1.52. The number of nitrogens with two attached hydrogens (primary N) is 1. The molecule has 1 aromatic carbocycles. The van der Waals surface area contributed by atoms with Gasteiger partial charge < -0.3 is 10.8 Å². The number of aliphatic hydroxyl groups excluding tert-OH is 1. The SMILES string of the molecule is Nc1ccc(CO)c(Br)c1F. The predicted octanol–water partition coefficient (Wildman–Crippen LogP) is 1.66. The van der Waals surface area contributed by atoms with Gasteiger partial charge in [0, 0.05) is 0 Å². The normalized spacial score (nSPS) is 10.1. The van der Waals surface area contributed by atoms with Gasteiger partial charge in [0.25, 0.3) is 0 Å². The molecule has 0 unspecified atom stereocenters. The maximum Gasteiger partial charge on any atom is 0.160 e. The van der Waals surface area contributed by atoms with Gasteiger partial charge in [0.1, 0.15) is 0 Å². The van der Waals surface area contributed by atoms with Crippen LogP contribution in [0, 0.1) is 5.82 Å². The molecule has 0 fully saturated rings. The Morgan fingerprint density at radius 1 is 1.55 bits per heavy atom. The Morgan fingerprint density at radius 2 is 2.18 bits per heavy atom. The van der Waals surface area contributed by atoms with Crippen LogP contribution in [0.3, 0.4) is 0 Å². The van der Waals surface area contributed by atoms with E-state index in [2.05, 4.69) is 15.9 Å². The number of nitrogen functional groups attached to an aromatic ring is 1. The first-order chi connectivity index (χ1) is 5.16. The minimum Gasteiger partial charge on any atom is -0.396 e. The molecule has 0 atom stereocenters. The summed E-state index contributed by atoms with van der Waals surface area (Å²) in [4.78, 5) is 0. The van der Waals surface area contributed by atoms with E-state index in [0.29, 0.717) is 5.56 Å². The molecule has 0 heterocycles. The molecule has 2 nitrogen and oxygen atoms in total. The summed E-state index contributed by atoms with van der Waals surface area (Å²) >= 11 is 2.98. The Labute approximate surface area is 72.0 Å². The lowest BCUT2D eigenvalue weighted by molar-refractivity contribution is 0.280. The molecule has 3 N–H and O–H groups in total. The number of anilines is 1. The average Bonchev–Trinajstić information content (AvgIpc) is 2.01. The first-order valence-electron chi connectivity index (χ1n) is 3.00. The van der Waals surface area contributed by atoms with Crippen LogP contribution in [0.2, 0.25) is 0 Å². The molecule has 1 aromatic rings. The highest BCUT2D eigenvalue weighted by Crippen LogP contribution is 2.24. The molecule has 0 aliphatic heterocycles. The Balaban J connectivity index is 3.25. The zero-order valence-electron chi connectivity index (χ0n) is 5.64. The standard InChI is InChI=1S/C7H7BrFNO/c8-6-4(3-11)1-2-5(10)7(6)9/h1-2,11H,3,10H2. The van der Waals surface area contributed by atoms with Gasteiger partial charge in [-0.3, -0.25) is 0 Å². The number of rotatable bonds is 1. The van der Waals surface area contributed by atoms with Crippen molar-refractivity contribution in [3.8, 4) is 0 Å². The molecule has 4 heteroatoms. The second kappa shape index (κ2) is 3.19. The highest BCUT2D eigenvalue weighted by molar-refractivity contribution is 9.10. The van der Waals surface area contributed by atoms with Gasteiger partial charge in [0.15, 0.2) is 5.82 Å². The van der Waals surface area contributed by atoms with E-state index in [4.69, 9.17) is 10.8 Å². The lowest BCUT2D eigenvalue weighted by atomic mass is 10.2. The van der Waals surface area contributed by atoms with Crippen molar-refractivity contribution in [2.24, 2.45) is 0 Å². The molecule has 1 rings (SSSR count). The molecule has 0 aliphatic rings. The minimum absolute atomic E-state index is 0.0778. The highest BCUT2D eigenvalue weighted by Gasteiger charge is 2.07. The van der Waals surface area contributed by atoms with Gasteiger partial charge in [-0.2, -0.15) is 0 Å². The number of hydrogen-bond donors (Lipinski definition) is 2. The molecule has 0 saturated carbocycles. The van der Waals surface area contributed by atoms with Crippen LogP contribution in [-0.4, -0.2) is 5.11 Å². The summed E-state index contributed by atoms with van der Waals surface area (Å²) in [5, 5.41) is 8.70. The molecule has 0 bridgehead atoms. The second-order valence-corrected chi connectivity index (χ2v) is 2.89. The first kappa shape index (κ1) is 8.49. The van der Waals surface area contributed by atoms with Crippen LogP contribution in [0.5, 0.6) is 0 Å². The number of hydrogen-bond acceptors (Lipinski definition) is 2. The van der Waals surface area contributed by atoms with Crippen LogP contribution in [0.4, 0.5) is 10.1 Å². The fourth-order valence-corrected chi connectivity index (χ4v) is 1.21. The summed E-state index contributed by atoms with van der Waals surface area (Å²) in [5.41, 5.74) is 5.83. The molecule has 0 aliphatic carbocycles. The van der Waals surface area contributed by atoms with Crippen molar-refractivity contribution in [2.75, 3.05) is 5.73 Å². The van der Waals surface area contributed by atoms with Gasteiger partial charge in [0.2, 0.25) is 0 Å². The number of benzene rings is 1. The van der Waals surface area contributed by atoms with E-state index in [-0.39, 0.29) is 16.8 Å². The van der Waals surface area contributed by atoms with E-state index in [1.165, 1.54) is 6.07 Å². The largest absolute Gasteiger partial charge is 0.396 e. The van der Waals surface area contributed by atoms with Crippen molar-refractivity contribution >= 4 is 21.6 Å². The third-order valence-corrected chi connectivity index (χ3v) is 2.22. The van der Waals surface area contributed by atoms with Crippen LogP contribution in [0.25, 0.3) is 0 Å². The van der Waals surface area contributed by atoms with Crippen molar-refractivity contribution in [1.29, 1.82) is 0 Å². The Morgan fingerprint density at radius 3 is 2.73 bits per heavy atom. The maximum absolute atomic E-state index is 12.9. The Hall–Kier alpha value is -0.610. The number of aliphatic hydroxyl groups is 1. The Kier molecular flexibility index (Phi) is 2.46. The van der Waals surface area contributed by atoms with Gasteiger partial charge in [0.05, 0.1) is 16.8 Å². The monoisotopic (exact) mass is 219 g/mol. The molecule has 0 radical (unpaired) electrons. The first-order valence-corrected chi connectivity index (χ1v) is 3.79. The average molecular weight is 220 g/mol. The molecule has 0 spiro atoms. The van der Waals surface area contributed by atoms with Crippen molar-refractivity contribution in [3.63, 3.8) is 0 Å². The summed E-state index contributed by atoms with van der Waals surface area (Å²) in [5.74, 6) is -0.517. The fraction of sp³-hybridized carbons (Fsp3) is 0.143. The summed E-state index contributed by atoms with van der Waals surface area (Å²) in [7, 11) is 0. The molecule has 0 amide bonds. The predicted molar refractivity (Wildman–Crippen MR) is 44.4 cm³/mol.